The van der Waals surface area contributed by atoms with Crippen molar-refractivity contribution in [2.75, 3.05) is 11.9 Å². The molecule has 1 aromatic carbocycles. The van der Waals surface area contributed by atoms with Crippen LogP contribution in [0.25, 0.3) is 10.9 Å². The van der Waals surface area contributed by atoms with Gasteiger partial charge in [-0.15, -0.1) is 0 Å². The van der Waals surface area contributed by atoms with E-state index in [0.29, 0.717) is 23.3 Å². The lowest BCUT2D eigenvalue weighted by atomic mass is 10.1. The van der Waals surface area contributed by atoms with Crippen molar-refractivity contribution in [1.29, 1.82) is 0 Å². The average Bonchev–Trinajstić information content (AvgIpc) is 2.35. The van der Waals surface area contributed by atoms with E-state index >= 15 is 0 Å². The molecule has 0 fully saturated rings. The molecule has 18 heavy (non-hydrogen) atoms. The van der Waals surface area contributed by atoms with Crippen molar-refractivity contribution in [1.82, 2.24) is 9.97 Å². The minimum atomic E-state index is -1.03. The Morgan fingerprint density at radius 2 is 2.22 bits per heavy atom. The highest BCUT2D eigenvalue weighted by atomic mass is 16.4. The van der Waals surface area contributed by atoms with Gasteiger partial charge in [-0.25, -0.2) is 14.8 Å². The topological polar surface area (TPSA) is 95.3 Å². The van der Waals surface area contributed by atoms with Gasteiger partial charge in [-0.05, 0) is 19.1 Å². The Labute approximate surface area is 103 Å². The third-order valence-corrected chi connectivity index (χ3v) is 2.46. The van der Waals surface area contributed by atoms with Crippen LogP contribution in [0.4, 0.5) is 5.82 Å². The molecule has 0 aliphatic heterocycles. The molecule has 3 N–H and O–H groups in total. The van der Waals surface area contributed by atoms with Crippen LogP contribution in [0, 0.1) is 0 Å². The molecule has 6 heteroatoms. The van der Waals surface area contributed by atoms with E-state index in [1.807, 2.05) is 0 Å². The Bertz CT molecular complexity index is 579. The number of aliphatic hydroxyl groups excluding tert-OH is 1. The van der Waals surface area contributed by atoms with E-state index in [4.69, 9.17) is 5.11 Å². The number of aliphatic hydroxyl groups is 1. The molecule has 0 amide bonds. The summed E-state index contributed by atoms with van der Waals surface area (Å²) >= 11 is 0. The lowest BCUT2D eigenvalue weighted by Gasteiger charge is -2.11. The molecule has 0 saturated carbocycles. The van der Waals surface area contributed by atoms with Gasteiger partial charge < -0.3 is 15.5 Å². The van der Waals surface area contributed by atoms with Gasteiger partial charge >= 0.3 is 5.97 Å². The molecule has 1 heterocycles. The van der Waals surface area contributed by atoms with Gasteiger partial charge in [0.15, 0.2) is 0 Å². The molecule has 1 atom stereocenters. The Kier molecular flexibility index (Phi) is 3.38. The highest BCUT2D eigenvalue weighted by Gasteiger charge is 2.13. The lowest BCUT2D eigenvalue weighted by molar-refractivity contribution is 0.0699. The van der Waals surface area contributed by atoms with Gasteiger partial charge in [-0.1, -0.05) is 6.07 Å². The summed E-state index contributed by atoms with van der Waals surface area (Å²) < 4.78 is 0. The average molecular weight is 247 g/mol. The molecule has 0 saturated heterocycles. The minimum absolute atomic E-state index is 0.140. The van der Waals surface area contributed by atoms with Gasteiger partial charge in [0.25, 0.3) is 0 Å². The SMILES string of the molecule is C[C@@H](O)CNc1ncnc2cccc(C(=O)O)c12. The summed E-state index contributed by atoms with van der Waals surface area (Å²) in [6.45, 7) is 1.93. The zero-order valence-electron chi connectivity index (χ0n) is 9.79. The van der Waals surface area contributed by atoms with Crippen molar-refractivity contribution in [3.63, 3.8) is 0 Å². The van der Waals surface area contributed by atoms with Crippen LogP contribution in [0.15, 0.2) is 24.5 Å². The first kappa shape index (κ1) is 12.3. The van der Waals surface area contributed by atoms with Crippen LogP contribution in [0.5, 0.6) is 0 Å². The summed E-state index contributed by atoms with van der Waals surface area (Å²) in [5.74, 6) is -0.616. The predicted molar refractivity (Wildman–Crippen MR) is 66.7 cm³/mol. The predicted octanol–water partition coefficient (Wildman–Crippen LogP) is 1.12. The molecular formula is C12H13N3O3. The Balaban J connectivity index is 2.55. The van der Waals surface area contributed by atoms with Crippen LogP contribution in [0.3, 0.4) is 0 Å². The van der Waals surface area contributed by atoms with Crippen LogP contribution in [0.1, 0.15) is 17.3 Å². The summed E-state index contributed by atoms with van der Waals surface area (Å²) in [6, 6.07) is 4.86. The van der Waals surface area contributed by atoms with E-state index in [-0.39, 0.29) is 5.56 Å². The first-order chi connectivity index (χ1) is 8.59. The van der Waals surface area contributed by atoms with E-state index in [0.717, 1.165) is 0 Å². The summed E-state index contributed by atoms with van der Waals surface area (Å²) in [4.78, 5) is 19.2. The maximum absolute atomic E-state index is 11.2. The molecular weight excluding hydrogens is 234 g/mol. The zero-order valence-corrected chi connectivity index (χ0v) is 9.79. The molecule has 0 radical (unpaired) electrons. The number of aromatic carboxylic acids is 1. The number of anilines is 1. The first-order valence-corrected chi connectivity index (χ1v) is 5.48. The number of nitrogens with one attached hydrogen (secondary N) is 1. The Morgan fingerprint density at radius 3 is 2.89 bits per heavy atom. The molecule has 94 valence electrons. The number of hydrogen-bond acceptors (Lipinski definition) is 5. The van der Waals surface area contributed by atoms with Gasteiger partial charge in [0.1, 0.15) is 12.1 Å². The molecule has 2 aromatic rings. The van der Waals surface area contributed by atoms with Crippen LogP contribution in [-0.4, -0.2) is 38.8 Å². The third kappa shape index (κ3) is 2.38. The fourth-order valence-corrected chi connectivity index (χ4v) is 1.67. The van der Waals surface area contributed by atoms with E-state index in [9.17, 15) is 9.90 Å². The van der Waals surface area contributed by atoms with Gasteiger partial charge in [-0.2, -0.15) is 0 Å². The van der Waals surface area contributed by atoms with Crippen molar-refractivity contribution in [2.45, 2.75) is 13.0 Å². The Morgan fingerprint density at radius 1 is 1.44 bits per heavy atom. The normalized spacial score (nSPS) is 12.3. The second kappa shape index (κ2) is 4.97. The van der Waals surface area contributed by atoms with E-state index in [2.05, 4.69) is 15.3 Å². The molecule has 0 aliphatic carbocycles. The summed E-state index contributed by atoms with van der Waals surface area (Å²) in [7, 11) is 0. The molecule has 1 aromatic heterocycles. The lowest BCUT2D eigenvalue weighted by Crippen LogP contribution is -2.16. The number of carboxylic acids is 1. The largest absolute Gasteiger partial charge is 0.478 e. The fourth-order valence-electron chi connectivity index (χ4n) is 1.67. The summed E-state index contributed by atoms with van der Waals surface area (Å²) in [5, 5.41) is 21.8. The first-order valence-electron chi connectivity index (χ1n) is 5.48. The molecule has 0 unspecified atom stereocenters. The van der Waals surface area contributed by atoms with Crippen LogP contribution in [-0.2, 0) is 0 Å². The van der Waals surface area contributed by atoms with Crippen molar-refractivity contribution < 1.29 is 15.0 Å². The van der Waals surface area contributed by atoms with Gasteiger partial charge in [0.05, 0.1) is 22.6 Å². The van der Waals surface area contributed by atoms with Crippen molar-refractivity contribution >= 4 is 22.7 Å². The highest BCUT2D eigenvalue weighted by Crippen LogP contribution is 2.23. The summed E-state index contributed by atoms with van der Waals surface area (Å²) in [6.07, 6.45) is 0.810. The van der Waals surface area contributed by atoms with Gasteiger partial charge in [0.2, 0.25) is 0 Å². The second-order valence-corrected chi connectivity index (χ2v) is 3.96. The number of rotatable bonds is 4. The Hall–Kier alpha value is -2.21. The van der Waals surface area contributed by atoms with E-state index < -0.39 is 12.1 Å². The molecule has 0 bridgehead atoms. The van der Waals surface area contributed by atoms with E-state index in [1.165, 1.54) is 12.4 Å². The quantitative estimate of drug-likeness (QED) is 0.749. The number of benzene rings is 1. The van der Waals surface area contributed by atoms with E-state index in [1.54, 1.807) is 19.1 Å². The number of fused-ring (bicyclic) bond motifs is 1. The monoisotopic (exact) mass is 247 g/mol. The smallest absolute Gasteiger partial charge is 0.336 e. The highest BCUT2D eigenvalue weighted by molar-refractivity contribution is 6.06. The number of hydrogen-bond donors (Lipinski definition) is 3. The third-order valence-electron chi connectivity index (χ3n) is 2.46. The second-order valence-electron chi connectivity index (χ2n) is 3.96. The summed E-state index contributed by atoms with van der Waals surface area (Å²) in [5.41, 5.74) is 0.694. The maximum Gasteiger partial charge on any atom is 0.336 e. The van der Waals surface area contributed by atoms with Crippen LogP contribution >= 0.6 is 0 Å². The maximum atomic E-state index is 11.2. The molecule has 0 spiro atoms. The fraction of sp³-hybridized carbons (Fsp3) is 0.250. The number of carboxylic acid groups (broad SMARTS) is 1. The molecule has 0 aliphatic rings. The minimum Gasteiger partial charge on any atom is -0.478 e. The molecule has 6 nitrogen and oxygen atoms in total. The van der Waals surface area contributed by atoms with Crippen LogP contribution < -0.4 is 5.32 Å². The number of carbonyl (C=O) groups is 1. The van der Waals surface area contributed by atoms with Crippen molar-refractivity contribution in [3.05, 3.63) is 30.1 Å². The number of nitrogens with zero attached hydrogens (tertiary/aromatic N) is 2. The van der Waals surface area contributed by atoms with Crippen molar-refractivity contribution in [3.8, 4) is 0 Å². The number of aromatic nitrogens is 2. The van der Waals surface area contributed by atoms with Crippen LogP contribution in [0.2, 0.25) is 0 Å². The molecule has 2 rings (SSSR count). The van der Waals surface area contributed by atoms with Gasteiger partial charge in [0, 0.05) is 6.54 Å². The van der Waals surface area contributed by atoms with Crippen molar-refractivity contribution in [2.24, 2.45) is 0 Å². The van der Waals surface area contributed by atoms with Gasteiger partial charge in [-0.3, -0.25) is 0 Å². The zero-order chi connectivity index (χ0) is 13.1. The standard InChI is InChI=1S/C12H13N3O3/c1-7(16)5-13-11-10-8(12(17)18)3-2-4-9(10)14-6-15-11/h2-4,6-7,16H,5H2,1H3,(H,17,18)(H,13,14,15)/t7-/m1/s1.